The smallest absolute Gasteiger partial charge is 0.338 e. The van der Waals surface area contributed by atoms with E-state index in [1.807, 2.05) is 0 Å². The summed E-state index contributed by atoms with van der Waals surface area (Å²) < 4.78 is 9.84. The molecular formula is C14H16O6. The highest BCUT2D eigenvalue weighted by atomic mass is 16.6. The second-order valence-electron chi connectivity index (χ2n) is 4.52. The molecule has 6 nitrogen and oxygen atoms in total. The summed E-state index contributed by atoms with van der Waals surface area (Å²) in [6, 6.07) is 6.33. The highest BCUT2D eigenvalue weighted by Crippen LogP contribution is 2.42. The minimum absolute atomic E-state index is 0.182. The number of benzene rings is 1. The van der Waals surface area contributed by atoms with Crippen molar-refractivity contribution in [3.63, 3.8) is 0 Å². The third kappa shape index (κ3) is 2.12. The lowest BCUT2D eigenvalue weighted by Crippen LogP contribution is -2.43. The predicted molar refractivity (Wildman–Crippen MR) is 68.8 cm³/mol. The van der Waals surface area contributed by atoms with Gasteiger partial charge in [0.1, 0.15) is 17.8 Å². The molecule has 1 heterocycles. The maximum atomic E-state index is 11.7. The Bertz CT molecular complexity index is 528. The van der Waals surface area contributed by atoms with Crippen LogP contribution in [-0.4, -0.2) is 46.4 Å². The van der Waals surface area contributed by atoms with Gasteiger partial charge in [-0.1, -0.05) is 24.3 Å². The largest absolute Gasteiger partial charge is 0.465 e. The molecule has 0 saturated carbocycles. The van der Waals surface area contributed by atoms with Gasteiger partial charge in [-0.3, -0.25) is 0 Å². The van der Waals surface area contributed by atoms with Gasteiger partial charge in [-0.2, -0.15) is 0 Å². The lowest BCUT2D eigenvalue weighted by atomic mass is 9.86. The van der Waals surface area contributed by atoms with Gasteiger partial charge in [-0.15, -0.1) is 6.58 Å². The minimum Gasteiger partial charge on any atom is -0.465 e. The van der Waals surface area contributed by atoms with Crippen LogP contribution < -0.4 is 0 Å². The lowest BCUT2D eigenvalue weighted by Gasteiger charge is -2.28. The normalized spacial score (nSPS) is 32.9. The van der Waals surface area contributed by atoms with E-state index in [1.165, 1.54) is 13.2 Å². The Hall–Kier alpha value is -1.73. The highest BCUT2D eigenvalue weighted by Gasteiger charge is 2.54. The van der Waals surface area contributed by atoms with Crippen molar-refractivity contribution in [1.29, 1.82) is 0 Å². The summed E-state index contributed by atoms with van der Waals surface area (Å²) in [5.74, 6) is -0.605. The fourth-order valence-corrected chi connectivity index (χ4v) is 2.28. The van der Waals surface area contributed by atoms with E-state index in [0.29, 0.717) is 5.56 Å². The molecule has 4 atom stereocenters. The molecule has 1 unspecified atom stereocenters. The Labute approximate surface area is 115 Å². The Morgan fingerprint density at radius 2 is 2.10 bits per heavy atom. The van der Waals surface area contributed by atoms with Crippen LogP contribution in [0.15, 0.2) is 36.9 Å². The quantitative estimate of drug-likeness (QED) is 0.538. The summed E-state index contributed by atoms with van der Waals surface area (Å²) in [6.07, 6.45) is -3.17. The van der Waals surface area contributed by atoms with Gasteiger partial charge in [-0.05, 0) is 11.6 Å². The van der Waals surface area contributed by atoms with Crippen molar-refractivity contribution >= 4 is 5.97 Å². The molecule has 1 aliphatic rings. The fraction of sp³-hybridized carbons (Fsp3) is 0.357. The summed E-state index contributed by atoms with van der Waals surface area (Å²) in [4.78, 5) is 11.7. The molecule has 20 heavy (non-hydrogen) atoms. The van der Waals surface area contributed by atoms with Gasteiger partial charge in [0, 0.05) is 0 Å². The Kier molecular flexibility index (Phi) is 3.92. The van der Waals surface area contributed by atoms with Crippen molar-refractivity contribution in [3.8, 4) is 0 Å². The average molecular weight is 280 g/mol. The minimum atomic E-state index is -1.90. The van der Waals surface area contributed by atoms with E-state index >= 15 is 0 Å². The number of hydrogen-bond donors (Lipinski definition) is 3. The molecule has 6 heteroatoms. The molecule has 0 aliphatic carbocycles. The first kappa shape index (κ1) is 14.7. The van der Waals surface area contributed by atoms with Gasteiger partial charge in [0.2, 0.25) is 0 Å². The van der Waals surface area contributed by atoms with E-state index in [0.717, 1.165) is 6.08 Å². The number of carbonyl (C=O) groups is 1. The maximum Gasteiger partial charge on any atom is 0.338 e. The van der Waals surface area contributed by atoms with Crippen LogP contribution in [-0.2, 0) is 9.47 Å². The van der Waals surface area contributed by atoms with Crippen LogP contribution in [0.5, 0.6) is 0 Å². The number of aliphatic hydroxyl groups is 3. The van der Waals surface area contributed by atoms with Gasteiger partial charge >= 0.3 is 5.97 Å². The average Bonchev–Trinajstić information content (AvgIpc) is 2.71. The third-order valence-corrected chi connectivity index (χ3v) is 3.41. The van der Waals surface area contributed by atoms with Crippen molar-refractivity contribution in [1.82, 2.24) is 0 Å². The molecule has 0 radical (unpaired) electrons. The standard InChI is InChI=1S/C14H16O6/c1-3-14(18)10(15)13(17)20-11(14)8-6-4-5-7-9(8)12(16)19-2/h3-7,10-11,13,15,17-18H,1H2,2H3/t10-,11+,13?,14-/m0/s1. The Morgan fingerprint density at radius 1 is 1.45 bits per heavy atom. The van der Waals surface area contributed by atoms with Gasteiger partial charge in [-0.25, -0.2) is 4.79 Å². The van der Waals surface area contributed by atoms with Crippen LogP contribution in [0.1, 0.15) is 22.0 Å². The molecule has 0 spiro atoms. The van der Waals surface area contributed by atoms with Crippen molar-refractivity contribution < 1.29 is 29.6 Å². The molecule has 108 valence electrons. The highest BCUT2D eigenvalue weighted by molar-refractivity contribution is 5.91. The van der Waals surface area contributed by atoms with E-state index in [4.69, 9.17) is 4.74 Å². The van der Waals surface area contributed by atoms with Crippen molar-refractivity contribution in [2.45, 2.75) is 24.1 Å². The SMILES string of the molecule is C=C[C@@]1(O)[C@@H](c2ccccc2C(=O)OC)OC(O)[C@@H]1O. The van der Waals surface area contributed by atoms with E-state index in [1.54, 1.807) is 18.2 Å². The molecular weight excluding hydrogens is 264 g/mol. The van der Waals surface area contributed by atoms with Crippen LogP contribution in [0.2, 0.25) is 0 Å². The zero-order valence-electron chi connectivity index (χ0n) is 10.9. The fourth-order valence-electron chi connectivity index (χ4n) is 2.28. The topological polar surface area (TPSA) is 96.2 Å². The van der Waals surface area contributed by atoms with Crippen LogP contribution in [0.25, 0.3) is 0 Å². The van der Waals surface area contributed by atoms with Crippen molar-refractivity contribution in [2.24, 2.45) is 0 Å². The number of aliphatic hydroxyl groups excluding tert-OH is 2. The number of hydrogen-bond acceptors (Lipinski definition) is 6. The summed E-state index contributed by atoms with van der Waals surface area (Å²) in [5.41, 5.74) is -1.41. The summed E-state index contributed by atoms with van der Waals surface area (Å²) in [7, 11) is 1.23. The van der Waals surface area contributed by atoms with Crippen LogP contribution >= 0.6 is 0 Å². The van der Waals surface area contributed by atoms with Gasteiger partial charge < -0.3 is 24.8 Å². The zero-order valence-corrected chi connectivity index (χ0v) is 10.9. The van der Waals surface area contributed by atoms with Crippen molar-refractivity contribution in [3.05, 3.63) is 48.0 Å². The molecule has 0 amide bonds. The van der Waals surface area contributed by atoms with Gasteiger partial charge in [0.25, 0.3) is 0 Å². The number of methoxy groups -OCH3 is 1. The number of ether oxygens (including phenoxy) is 2. The molecule has 1 aliphatic heterocycles. The number of rotatable bonds is 3. The summed E-state index contributed by atoms with van der Waals surface area (Å²) in [6.45, 7) is 3.45. The second kappa shape index (κ2) is 5.34. The molecule has 1 aromatic rings. The van der Waals surface area contributed by atoms with Gasteiger partial charge in [0.05, 0.1) is 12.7 Å². The predicted octanol–water partition coefficient (Wildman–Crippen LogP) is 0.141. The van der Waals surface area contributed by atoms with Crippen molar-refractivity contribution in [2.75, 3.05) is 7.11 Å². The van der Waals surface area contributed by atoms with Gasteiger partial charge in [0.15, 0.2) is 6.29 Å². The third-order valence-electron chi connectivity index (χ3n) is 3.41. The molecule has 0 aromatic heterocycles. The first-order chi connectivity index (χ1) is 9.45. The number of carbonyl (C=O) groups excluding carboxylic acids is 1. The van der Waals surface area contributed by atoms with E-state index in [2.05, 4.69) is 11.3 Å². The van der Waals surface area contributed by atoms with Crippen LogP contribution in [0.3, 0.4) is 0 Å². The lowest BCUT2D eigenvalue weighted by molar-refractivity contribution is -0.128. The second-order valence-corrected chi connectivity index (χ2v) is 4.52. The molecule has 1 saturated heterocycles. The summed E-state index contributed by atoms with van der Waals surface area (Å²) >= 11 is 0. The van der Waals surface area contributed by atoms with Crippen LogP contribution in [0, 0.1) is 0 Å². The van der Waals surface area contributed by atoms with Crippen LogP contribution in [0.4, 0.5) is 0 Å². The van der Waals surface area contributed by atoms with E-state index in [9.17, 15) is 20.1 Å². The molecule has 2 rings (SSSR count). The Balaban J connectivity index is 2.51. The van der Waals surface area contributed by atoms with E-state index in [-0.39, 0.29) is 5.56 Å². The molecule has 3 N–H and O–H groups in total. The zero-order chi connectivity index (χ0) is 14.9. The first-order valence-electron chi connectivity index (χ1n) is 6.00. The molecule has 1 aromatic carbocycles. The Morgan fingerprint density at radius 3 is 2.70 bits per heavy atom. The number of esters is 1. The maximum absolute atomic E-state index is 11.7. The molecule has 1 fully saturated rings. The first-order valence-corrected chi connectivity index (χ1v) is 6.00. The molecule has 0 bridgehead atoms. The van der Waals surface area contributed by atoms with E-state index < -0.39 is 30.1 Å². The monoisotopic (exact) mass is 280 g/mol. The summed E-state index contributed by atoms with van der Waals surface area (Å²) in [5, 5.41) is 29.8.